The Hall–Kier alpha value is -1.96. The van der Waals surface area contributed by atoms with Gasteiger partial charge < -0.3 is 20.6 Å². The Balaban J connectivity index is 2.40. The summed E-state index contributed by atoms with van der Waals surface area (Å²) in [5, 5.41) is 11.9. The molecule has 0 bridgehead atoms. The molecule has 0 aromatic heterocycles. The molecule has 1 aliphatic rings. The van der Waals surface area contributed by atoms with Gasteiger partial charge in [0.1, 0.15) is 5.75 Å². The summed E-state index contributed by atoms with van der Waals surface area (Å²) in [6.45, 7) is 0.972. The van der Waals surface area contributed by atoms with Gasteiger partial charge in [0.25, 0.3) is 0 Å². The molecule has 116 valence electrons. The Morgan fingerprint density at radius 1 is 1.38 bits per heavy atom. The second-order valence-corrected chi connectivity index (χ2v) is 7.16. The zero-order chi connectivity index (χ0) is 15.5. The Morgan fingerprint density at radius 2 is 2.14 bits per heavy atom. The number of amidine groups is 1. The predicted octanol–water partition coefficient (Wildman–Crippen LogP) is 0.415. The van der Waals surface area contributed by atoms with Gasteiger partial charge in [-0.05, 0) is 18.6 Å². The van der Waals surface area contributed by atoms with Crippen molar-refractivity contribution in [2.75, 3.05) is 36.6 Å². The molecule has 3 N–H and O–H groups in total. The third kappa shape index (κ3) is 3.57. The standard InChI is InChI=1S/C13H19N3O4S/c1-20-10-3-4-11(13(14)15-17)12(9-10)16-5-2-7-21(18,19)8-6-16/h3-4,9,17H,2,5-8H2,1H3,(H2,14,15). The summed E-state index contributed by atoms with van der Waals surface area (Å²) in [5.74, 6) is 0.901. The van der Waals surface area contributed by atoms with Crippen molar-refractivity contribution in [3.63, 3.8) is 0 Å². The highest BCUT2D eigenvalue weighted by atomic mass is 32.2. The fourth-order valence-electron chi connectivity index (χ4n) is 2.35. The number of anilines is 1. The molecule has 1 aromatic rings. The Bertz CT molecular complexity index is 643. The zero-order valence-corrected chi connectivity index (χ0v) is 12.6. The van der Waals surface area contributed by atoms with Gasteiger partial charge in [0.15, 0.2) is 15.7 Å². The topological polar surface area (TPSA) is 105 Å². The lowest BCUT2D eigenvalue weighted by Crippen LogP contribution is -2.29. The van der Waals surface area contributed by atoms with E-state index in [-0.39, 0.29) is 17.3 Å². The lowest BCUT2D eigenvalue weighted by atomic mass is 10.1. The van der Waals surface area contributed by atoms with Crippen molar-refractivity contribution in [2.24, 2.45) is 10.9 Å². The first kappa shape index (κ1) is 15.4. The fourth-order valence-corrected chi connectivity index (χ4v) is 3.62. The molecule has 1 aliphatic heterocycles. The normalized spacial score (nSPS) is 19.1. The first-order chi connectivity index (χ1) is 9.96. The lowest BCUT2D eigenvalue weighted by Gasteiger charge is -2.25. The molecule has 21 heavy (non-hydrogen) atoms. The van der Waals surface area contributed by atoms with Crippen LogP contribution < -0.4 is 15.4 Å². The minimum absolute atomic E-state index is 0.0141. The summed E-state index contributed by atoms with van der Waals surface area (Å²) < 4.78 is 28.6. The molecule has 8 heteroatoms. The van der Waals surface area contributed by atoms with Gasteiger partial charge in [-0.2, -0.15) is 0 Å². The molecule has 0 saturated carbocycles. The smallest absolute Gasteiger partial charge is 0.172 e. The zero-order valence-electron chi connectivity index (χ0n) is 11.8. The van der Waals surface area contributed by atoms with E-state index in [1.807, 2.05) is 4.90 Å². The van der Waals surface area contributed by atoms with Crippen molar-refractivity contribution in [2.45, 2.75) is 6.42 Å². The SMILES string of the molecule is COc1ccc(/C(N)=N/O)c(N2CCCS(=O)(=O)CC2)c1. The number of oxime groups is 1. The third-order valence-electron chi connectivity index (χ3n) is 3.48. The average Bonchev–Trinajstić information content (AvgIpc) is 2.66. The van der Waals surface area contributed by atoms with Crippen LogP contribution in [-0.2, 0) is 9.84 Å². The monoisotopic (exact) mass is 313 g/mol. The largest absolute Gasteiger partial charge is 0.497 e. The fraction of sp³-hybridized carbons (Fsp3) is 0.462. The number of rotatable bonds is 3. The van der Waals surface area contributed by atoms with Crippen LogP contribution in [0.3, 0.4) is 0 Å². The molecule has 0 spiro atoms. The summed E-state index contributed by atoms with van der Waals surface area (Å²) in [5.41, 5.74) is 6.96. The van der Waals surface area contributed by atoms with Crippen LogP contribution in [0.1, 0.15) is 12.0 Å². The number of nitrogens with zero attached hydrogens (tertiary/aromatic N) is 2. The van der Waals surface area contributed by atoms with Gasteiger partial charge in [-0.25, -0.2) is 8.42 Å². The number of hydrogen-bond acceptors (Lipinski definition) is 6. The quantitative estimate of drug-likeness (QED) is 0.362. The third-order valence-corrected chi connectivity index (χ3v) is 5.20. The maximum Gasteiger partial charge on any atom is 0.172 e. The van der Waals surface area contributed by atoms with Gasteiger partial charge in [0, 0.05) is 24.7 Å². The maximum atomic E-state index is 11.7. The summed E-state index contributed by atoms with van der Waals surface area (Å²) in [7, 11) is -1.45. The van der Waals surface area contributed by atoms with Gasteiger partial charge in [-0.15, -0.1) is 0 Å². The number of hydrogen-bond donors (Lipinski definition) is 2. The van der Waals surface area contributed by atoms with Crippen LogP contribution in [0.4, 0.5) is 5.69 Å². The molecule has 7 nitrogen and oxygen atoms in total. The summed E-state index contributed by atoms with van der Waals surface area (Å²) >= 11 is 0. The van der Waals surface area contributed by atoms with Crippen molar-refractivity contribution >= 4 is 21.4 Å². The molecule has 1 saturated heterocycles. The van der Waals surface area contributed by atoms with E-state index in [2.05, 4.69) is 5.16 Å². The second kappa shape index (κ2) is 6.21. The number of methoxy groups -OCH3 is 1. The van der Waals surface area contributed by atoms with Crippen LogP contribution in [0.2, 0.25) is 0 Å². The molecule has 2 rings (SSSR count). The Labute approximate surface area is 123 Å². The highest BCUT2D eigenvalue weighted by molar-refractivity contribution is 7.91. The number of nitrogens with two attached hydrogens (primary N) is 1. The van der Waals surface area contributed by atoms with Crippen LogP contribution in [0, 0.1) is 0 Å². The maximum absolute atomic E-state index is 11.7. The molecular weight excluding hydrogens is 294 g/mol. The molecule has 1 heterocycles. The van der Waals surface area contributed by atoms with E-state index in [9.17, 15) is 8.42 Å². The minimum Gasteiger partial charge on any atom is -0.497 e. The van der Waals surface area contributed by atoms with Crippen LogP contribution in [-0.4, -0.2) is 51.2 Å². The molecule has 0 aliphatic carbocycles. The highest BCUT2D eigenvalue weighted by Gasteiger charge is 2.22. The van der Waals surface area contributed by atoms with Crippen molar-refractivity contribution in [1.29, 1.82) is 0 Å². The number of sulfone groups is 1. The van der Waals surface area contributed by atoms with Crippen molar-refractivity contribution in [3.05, 3.63) is 23.8 Å². The molecule has 0 unspecified atom stereocenters. The van der Waals surface area contributed by atoms with E-state index < -0.39 is 9.84 Å². The Morgan fingerprint density at radius 3 is 2.81 bits per heavy atom. The Kier molecular flexibility index (Phi) is 4.56. The molecular formula is C13H19N3O4S. The van der Waals surface area contributed by atoms with Crippen LogP contribution >= 0.6 is 0 Å². The van der Waals surface area contributed by atoms with E-state index in [0.717, 1.165) is 0 Å². The number of ether oxygens (including phenoxy) is 1. The molecule has 0 amide bonds. The molecule has 0 atom stereocenters. The van der Waals surface area contributed by atoms with E-state index in [0.29, 0.717) is 36.5 Å². The number of benzene rings is 1. The van der Waals surface area contributed by atoms with Crippen LogP contribution in [0.15, 0.2) is 23.4 Å². The van der Waals surface area contributed by atoms with Crippen molar-refractivity contribution in [1.82, 2.24) is 0 Å². The summed E-state index contributed by atoms with van der Waals surface area (Å²) in [6, 6.07) is 5.18. The summed E-state index contributed by atoms with van der Waals surface area (Å²) in [6.07, 6.45) is 0.551. The predicted molar refractivity (Wildman–Crippen MR) is 81.0 cm³/mol. The van der Waals surface area contributed by atoms with E-state index >= 15 is 0 Å². The van der Waals surface area contributed by atoms with E-state index in [1.54, 1.807) is 25.3 Å². The minimum atomic E-state index is -3.00. The van der Waals surface area contributed by atoms with Gasteiger partial charge in [-0.1, -0.05) is 5.16 Å². The van der Waals surface area contributed by atoms with E-state index in [4.69, 9.17) is 15.7 Å². The van der Waals surface area contributed by atoms with Crippen molar-refractivity contribution in [3.8, 4) is 5.75 Å². The van der Waals surface area contributed by atoms with Crippen LogP contribution in [0.25, 0.3) is 0 Å². The first-order valence-electron chi connectivity index (χ1n) is 6.58. The highest BCUT2D eigenvalue weighted by Crippen LogP contribution is 2.27. The molecule has 0 radical (unpaired) electrons. The van der Waals surface area contributed by atoms with Gasteiger partial charge >= 0.3 is 0 Å². The van der Waals surface area contributed by atoms with Crippen molar-refractivity contribution < 1.29 is 18.4 Å². The molecule has 1 aromatic carbocycles. The first-order valence-corrected chi connectivity index (χ1v) is 8.40. The van der Waals surface area contributed by atoms with Crippen LogP contribution in [0.5, 0.6) is 5.75 Å². The average molecular weight is 313 g/mol. The lowest BCUT2D eigenvalue weighted by molar-refractivity contribution is 0.318. The van der Waals surface area contributed by atoms with Gasteiger partial charge in [0.05, 0.1) is 24.3 Å². The summed E-state index contributed by atoms with van der Waals surface area (Å²) in [4.78, 5) is 1.93. The molecule has 1 fully saturated rings. The van der Waals surface area contributed by atoms with E-state index in [1.165, 1.54) is 0 Å². The van der Waals surface area contributed by atoms with Gasteiger partial charge in [-0.3, -0.25) is 0 Å². The second-order valence-electron chi connectivity index (χ2n) is 4.86. The van der Waals surface area contributed by atoms with Gasteiger partial charge in [0.2, 0.25) is 0 Å².